The third kappa shape index (κ3) is 3.82. The van der Waals surface area contributed by atoms with Crippen LogP contribution in [0.4, 0.5) is 0 Å². The van der Waals surface area contributed by atoms with Crippen LogP contribution in [0.5, 0.6) is 0 Å². The summed E-state index contributed by atoms with van der Waals surface area (Å²) in [6.45, 7) is 4.11. The van der Waals surface area contributed by atoms with E-state index >= 15 is 0 Å². The Morgan fingerprint density at radius 3 is 2.47 bits per heavy atom. The number of fused-ring (bicyclic) bond motifs is 5. The van der Waals surface area contributed by atoms with Gasteiger partial charge in [-0.15, -0.1) is 0 Å². The van der Waals surface area contributed by atoms with E-state index in [0.29, 0.717) is 37.7 Å². The van der Waals surface area contributed by atoms with Crippen LogP contribution in [0.1, 0.15) is 65.2 Å². The molecule has 0 aliphatic heterocycles. The summed E-state index contributed by atoms with van der Waals surface area (Å²) in [5.74, 6) is -2.65. The number of ketones is 1. The number of ether oxygens (including phenoxy) is 1. The minimum atomic E-state index is -1.18. The van der Waals surface area contributed by atoms with Crippen LogP contribution >= 0.6 is 0 Å². The largest absolute Gasteiger partial charge is 1.00 e. The Labute approximate surface area is 231 Å². The van der Waals surface area contributed by atoms with Crippen LogP contribution in [0.15, 0.2) is 11.6 Å². The van der Waals surface area contributed by atoms with Gasteiger partial charge < -0.3 is 24.9 Å². The number of hydrogen-bond acceptors (Lipinski definition) is 7. The number of carbonyl (C=O) groups is 3. The maximum Gasteiger partial charge on any atom is 1.00 e. The summed E-state index contributed by atoms with van der Waals surface area (Å²) in [5.41, 5.74) is -1.43. The number of methoxy groups -OCH3 is 1. The topological polar surface area (TPSA) is 124 Å². The average Bonchev–Trinajstić information content (AvgIpc) is 2.99. The van der Waals surface area contributed by atoms with Crippen LogP contribution in [-0.2, 0) is 19.1 Å². The molecule has 172 valence electrons. The molecule has 0 radical (unpaired) electrons. The number of rotatable bonds is 4. The van der Waals surface area contributed by atoms with E-state index in [2.05, 4.69) is 6.92 Å². The maximum atomic E-state index is 12.9. The minimum absolute atomic E-state index is 0. The van der Waals surface area contributed by atoms with E-state index in [1.54, 1.807) is 6.08 Å². The SMILES string of the molecule is COC(=O)[C@H]1C2C(CC[C@@]3(C)C2CC[C@@]3(O)CCC(=O)[O-])[C@@]2(C)CCC(=O)C=C2[C@@H]1O.[K+]. The van der Waals surface area contributed by atoms with Gasteiger partial charge in [0.1, 0.15) is 0 Å². The van der Waals surface area contributed by atoms with Crippen LogP contribution in [0.3, 0.4) is 0 Å². The van der Waals surface area contributed by atoms with Crippen molar-refractivity contribution in [2.24, 2.45) is 34.5 Å². The third-order valence-electron chi connectivity index (χ3n) is 9.63. The predicted octanol–water partition coefficient (Wildman–Crippen LogP) is -1.85. The van der Waals surface area contributed by atoms with Crippen LogP contribution in [-0.4, -0.2) is 46.7 Å². The van der Waals surface area contributed by atoms with Gasteiger partial charge in [-0.3, -0.25) is 9.59 Å². The van der Waals surface area contributed by atoms with E-state index in [4.69, 9.17) is 4.74 Å². The Morgan fingerprint density at radius 1 is 1.19 bits per heavy atom. The minimum Gasteiger partial charge on any atom is -0.550 e. The fraction of sp³-hybridized carbons (Fsp3) is 0.792. The van der Waals surface area contributed by atoms with Gasteiger partial charge in [-0.25, -0.2) is 0 Å². The quantitative estimate of drug-likeness (QED) is 0.364. The van der Waals surface area contributed by atoms with E-state index in [0.717, 1.165) is 6.42 Å². The van der Waals surface area contributed by atoms with Crippen molar-refractivity contribution in [2.75, 3.05) is 7.11 Å². The van der Waals surface area contributed by atoms with Gasteiger partial charge in [0.2, 0.25) is 0 Å². The molecule has 4 aliphatic carbocycles. The molecule has 3 saturated carbocycles. The van der Waals surface area contributed by atoms with Crippen molar-refractivity contribution in [1.82, 2.24) is 0 Å². The predicted molar refractivity (Wildman–Crippen MR) is 108 cm³/mol. The molecule has 8 atom stereocenters. The molecule has 32 heavy (non-hydrogen) atoms. The zero-order valence-corrected chi connectivity index (χ0v) is 22.7. The Bertz CT molecular complexity index is 840. The van der Waals surface area contributed by atoms with Crippen molar-refractivity contribution in [3.8, 4) is 0 Å². The van der Waals surface area contributed by atoms with Gasteiger partial charge in [-0.1, -0.05) is 13.8 Å². The number of aliphatic hydroxyl groups excluding tert-OH is 1. The van der Waals surface area contributed by atoms with E-state index in [9.17, 15) is 29.7 Å². The molecule has 0 aromatic carbocycles. The standard InChI is InChI=1S/C24H34O7.K/c1-22-8-4-13(25)12-16(22)20(28)19(21(29)31-3)18-14(22)5-9-23(2)15(18)6-10-24(23,30)11-7-17(26)27;/h12,14-15,18-20,28,30H,4-11H2,1-3H3,(H,26,27);/q;+1/p-1/t14?,15?,18?,19-,20-,22+,23-,24+;/m0./s1. The molecule has 4 aliphatic rings. The number of aliphatic carboxylic acids is 1. The van der Waals surface area contributed by atoms with Gasteiger partial charge in [0.25, 0.3) is 0 Å². The Hall–Kier alpha value is -0.0936. The first kappa shape index (κ1) is 26.5. The number of carboxylic acid groups (broad SMARTS) is 1. The molecule has 2 N–H and O–H groups in total. The summed E-state index contributed by atoms with van der Waals surface area (Å²) >= 11 is 0. The average molecular weight is 473 g/mol. The summed E-state index contributed by atoms with van der Waals surface area (Å²) < 4.78 is 5.10. The van der Waals surface area contributed by atoms with Crippen LogP contribution < -0.4 is 56.5 Å². The molecular formula is C24H33KO7. The monoisotopic (exact) mass is 472 g/mol. The smallest absolute Gasteiger partial charge is 0.550 e. The second-order valence-electron chi connectivity index (χ2n) is 10.7. The van der Waals surface area contributed by atoms with E-state index in [1.165, 1.54) is 7.11 Å². The molecule has 0 amide bonds. The van der Waals surface area contributed by atoms with Crippen molar-refractivity contribution >= 4 is 17.7 Å². The van der Waals surface area contributed by atoms with Crippen molar-refractivity contribution < 1.29 is 85.8 Å². The first-order valence-electron chi connectivity index (χ1n) is 11.4. The molecule has 8 heteroatoms. The Balaban J connectivity index is 0.00000289. The zero-order valence-electron chi connectivity index (χ0n) is 19.6. The molecule has 0 heterocycles. The van der Waals surface area contributed by atoms with Gasteiger partial charge in [0, 0.05) is 12.4 Å². The van der Waals surface area contributed by atoms with E-state index in [-0.39, 0.29) is 93.2 Å². The second kappa shape index (κ2) is 9.17. The summed E-state index contributed by atoms with van der Waals surface area (Å²) in [4.78, 5) is 36.2. The third-order valence-corrected chi connectivity index (χ3v) is 9.63. The molecule has 0 spiro atoms. The summed E-state index contributed by atoms with van der Waals surface area (Å²) in [7, 11) is 1.31. The second-order valence-corrected chi connectivity index (χ2v) is 10.7. The number of hydrogen-bond donors (Lipinski definition) is 2. The first-order chi connectivity index (χ1) is 14.5. The molecule has 4 rings (SSSR count). The Kier molecular flexibility index (Phi) is 7.60. The fourth-order valence-electron chi connectivity index (χ4n) is 7.86. The van der Waals surface area contributed by atoms with Crippen LogP contribution in [0.2, 0.25) is 0 Å². The van der Waals surface area contributed by atoms with Gasteiger partial charge in [0.15, 0.2) is 5.78 Å². The molecule has 0 bridgehead atoms. The van der Waals surface area contributed by atoms with Crippen molar-refractivity contribution in [3.05, 3.63) is 11.6 Å². The van der Waals surface area contributed by atoms with Crippen molar-refractivity contribution in [1.29, 1.82) is 0 Å². The van der Waals surface area contributed by atoms with Gasteiger partial charge in [-0.05, 0) is 85.2 Å². The summed E-state index contributed by atoms with van der Waals surface area (Å²) in [5, 5.41) is 34.0. The summed E-state index contributed by atoms with van der Waals surface area (Å²) in [6.07, 6.45) is 4.02. The summed E-state index contributed by atoms with van der Waals surface area (Å²) in [6, 6.07) is 0. The van der Waals surface area contributed by atoms with E-state index < -0.39 is 35.0 Å². The maximum absolute atomic E-state index is 12.9. The molecule has 3 fully saturated rings. The number of carboxylic acids is 1. The number of aliphatic hydroxyl groups is 2. The van der Waals surface area contributed by atoms with Gasteiger partial charge in [-0.2, -0.15) is 0 Å². The van der Waals surface area contributed by atoms with Crippen molar-refractivity contribution in [2.45, 2.75) is 76.9 Å². The normalized spacial score (nSPS) is 45.0. The van der Waals surface area contributed by atoms with Crippen LogP contribution in [0, 0.1) is 34.5 Å². The molecular weight excluding hydrogens is 439 g/mol. The molecule has 0 aromatic heterocycles. The zero-order chi connectivity index (χ0) is 22.8. The molecule has 0 aromatic rings. The van der Waals surface area contributed by atoms with Crippen LogP contribution in [0.25, 0.3) is 0 Å². The molecule has 3 unspecified atom stereocenters. The molecule has 7 nitrogen and oxygen atoms in total. The number of esters is 1. The number of carbonyl (C=O) groups excluding carboxylic acids is 3. The van der Waals surface area contributed by atoms with E-state index in [1.807, 2.05) is 6.92 Å². The first-order valence-corrected chi connectivity index (χ1v) is 11.4. The molecule has 0 saturated heterocycles. The Morgan fingerprint density at radius 2 is 1.84 bits per heavy atom. The van der Waals surface area contributed by atoms with Gasteiger partial charge >= 0.3 is 57.4 Å². The van der Waals surface area contributed by atoms with Crippen molar-refractivity contribution in [3.63, 3.8) is 0 Å². The fourth-order valence-corrected chi connectivity index (χ4v) is 7.86. The van der Waals surface area contributed by atoms with Gasteiger partial charge in [0.05, 0.1) is 24.7 Å².